The average molecular weight is 413 g/mol. The van der Waals surface area contributed by atoms with E-state index < -0.39 is 17.2 Å². The molecule has 1 saturated heterocycles. The summed E-state index contributed by atoms with van der Waals surface area (Å²) >= 11 is 6.01. The zero-order chi connectivity index (χ0) is 20.8. The van der Waals surface area contributed by atoms with Crippen molar-refractivity contribution in [2.24, 2.45) is 5.92 Å². The molecule has 1 aliphatic carbocycles. The third kappa shape index (κ3) is 3.71. The molecule has 0 radical (unpaired) electrons. The predicted molar refractivity (Wildman–Crippen MR) is 114 cm³/mol. The zero-order valence-electron chi connectivity index (χ0n) is 16.9. The first-order valence-electron chi connectivity index (χ1n) is 9.88. The Kier molecular flexibility index (Phi) is 4.82. The van der Waals surface area contributed by atoms with Gasteiger partial charge in [0.05, 0.1) is 0 Å². The number of piperidine rings is 1. The van der Waals surface area contributed by atoms with Crippen molar-refractivity contribution < 1.29 is 14.3 Å². The Morgan fingerprint density at radius 3 is 2.48 bits per heavy atom. The number of halogens is 1. The van der Waals surface area contributed by atoms with Crippen molar-refractivity contribution in [1.29, 1.82) is 0 Å². The molecule has 1 heterocycles. The maximum Gasteiger partial charge on any atom is 0.411 e. The molecule has 1 unspecified atom stereocenters. The molecular weight excluding hydrogens is 388 g/mol. The highest BCUT2D eigenvalue weighted by molar-refractivity contribution is 6.30. The molecule has 0 spiro atoms. The fourth-order valence-electron chi connectivity index (χ4n) is 4.15. The van der Waals surface area contributed by atoms with E-state index in [1.54, 1.807) is 4.90 Å². The number of ether oxygens (including phenoxy) is 1. The minimum absolute atomic E-state index is 0.146. The van der Waals surface area contributed by atoms with Crippen LogP contribution in [0.15, 0.2) is 48.5 Å². The molecule has 152 valence electrons. The van der Waals surface area contributed by atoms with E-state index in [4.69, 9.17) is 16.3 Å². The number of hydrogen-bond donors (Lipinski definition) is 1. The highest BCUT2D eigenvalue weighted by Crippen LogP contribution is 2.56. The maximum atomic E-state index is 13.3. The highest BCUT2D eigenvalue weighted by atomic mass is 35.5. The first kappa shape index (κ1) is 19.8. The molecule has 2 aromatic rings. The molecule has 5 nitrogen and oxygen atoms in total. The molecular formula is C23H25ClN2O3. The maximum absolute atomic E-state index is 13.3. The molecule has 6 heteroatoms. The number of nitrogens with zero attached hydrogens (tertiary/aromatic N) is 1. The van der Waals surface area contributed by atoms with Crippen LogP contribution < -0.4 is 5.32 Å². The minimum Gasteiger partial charge on any atom is -0.444 e. The Morgan fingerprint density at radius 1 is 1.14 bits per heavy atom. The fourth-order valence-corrected chi connectivity index (χ4v) is 4.27. The summed E-state index contributed by atoms with van der Waals surface area (Å²) in [5, 5.41) is 3.74. The SMILES string of the molecule is CC(C)(C)OC(=O)N1CCC2C[C@@]21C(=O)Nc1ccccc1-c1ccc(Cl)cc1. The summed E-state index contributed by atoms with van der Waals surface area (Å²) in [4.78, 5) is 27.6. The minimum atomic E-state index is -0.796. The molecule has 4 rings (SSSR count). The monoisotopic (exact) mass is 412 g/mol. The normalized spacial score (nSPS) is 22.8. The molecule has 1 N–H and O–H groups in total. The van der Waals surface area contributed by atoms with Crippen molar-refractivity contribution >= 4 is 29.3 Å². The highest BCUT2D eigenvalue weighted by Gasteiger charge is 2.69. The van der Waals surface area contributed by atoms with Crippen LogP contribution in [0.4, 0.5) is 10.5 Å². The van der Waals surface area contributed by atoms with Gasteiger partial charge in [0.1, 0.15) is 11.1 Å². The summed E-state index contributed by atoms with van der Waals surface area (Å²) in [5.74, 6) is 0.0463. The van der Waals surface area contributed by atoms with E-state index in [1.807, 2.05) is 69.3 Å². The third-order valence-electron chi connectivity index (χ3n) is 5.59. The van der Waals surface area contributed by atoms with Gasteiger partial charge in [-0.05, 0) is 63.3 Å². The standard InChI is InChI=1S/C23H25ClN2O3/c1-22(2,3)29-21(28)26-13-12-16-14-23(16,26)20(27)25-19-7-5-4-6-18(19)15-8-10-17(24)11-9-15/h4-11,16H,12-14H2,1-3H3,(H,25,27)/t16?,23-/m0/s1. The van der Waals surface area contributed by atoms with Crippen LogP contribution in [0.3, 0.4) is 0 Å². The van der Waals surface area contributed by atoms with Gasteiger partial charge in [-0.2, -0.15) is 0 Å². The number of para-hydroxylation sites is 1. The van der Waals surface area contributed by atoms with E-state index in [-0.39, 0.29) is 11.8 Å². The smallest absolute Gasteiger partial charge is 0.411 e. The van der Waals surface area contributed by atoms with Crippen LogP contribution in [-0.4, -0.2) is 34.6 Å². The van der Waals surface area contributed by atoms with Gasteiger partial charge in [-0.1, -0.05) is 41.9 Å². The number of amides is 2. The van der Waals surface area contributed by atoms with Crippen LogP contribution >= 0.6 is 11.6 Å². The first-order valence-corrected chi connectivity index (χ1v) is 10.3. The number of hydrogen-bond acceptors (Lipinski definition) is 3. The molecule has 2 amide bonds. The van der Waals surface area contributed by atoms with Crippen molar-refractivity contribution in [1.82, 2.24) is 4.90 Å². The lowest BCUT2D eigenvalue weighted by Crippen LogP contribution is -2.49. The van der Waals surface area contributed by atoms with E-state index in [0.717, 1.165) is 23.2 Å². The number of rotatable bonds is 3. The van der Waals surface area contributed by atoms with Crippen LogP contribution in [0.25, 0.3) is 11.1 Å². The molecule has 2 aromatic carbocycles. The summed E-state index contributed by atoms with van der Waals surface area (Å²) in [6.07, 6.45) is 1.09. The van der Waals surface area contributed by atoms with Crippen LogP contribution in [-0.2, 0) is 9.53 Å². The van der Waals surface area contributed by atoms with E-state index in [1.165, 1.54) is 0 Å². The summed E-state index contributed by atoms with van der Waals surface area (Å²) in [7, 11) is 0. The van der Waals surface area contributed by atoms with E-state index in [9.17, 15) is 9.59 Å². The van der Waals surface area contributed by atoms with Gasteiger partial charge in [0.15, 0.2) is 0 Å². The van der Waals surface area contributed by atoms with Crippen molar-refractivity contribution in [3.05, 3.63) is 53.6 Å². The third-order valence-corrected chi connectivity index (χ3v) is 5.85. The van der Waals surface area contributed by atoms with E-state index in [0.29, 0.717) is 18.0 Å². The quantitative estimate of drug-likeness (QED) is 0.739. The number of benzene rings is 2. The Bertz CT molecular complexity index is 951. The number of nitrogens with one attached hydrogen (secondary N) is 1. The summed E-state index contributed by atoms with van der Waals surface area (Å²) < 4.78 is 5.54. The van der Waals surface area contributed by atoms with Crippen molar-refractivity contribution in [3.63, 3.8) is 0 Å². The molecule has 2 atom stereocenters. The number of carbonyl (C=O) groups is 2. The van der Waals surface area contributed by atoms with E-state index >= 15 is 0 Å². The molecule has 2 aliphatic rings. The lowest BCUT2D eigenvalue weighted by Gasteiger charge is -2.30. The molecule has 2 fully saturated rings. The van der Waals surface area contributed by atoms with Gasteiger partial charge in [0, 0.05) is 22.8 Å². The Hall–Kier alpha value is -2.53. The number of fused-ring (bicyclic) bond motifs is 1. The van der Waals surface area contributed by atoms with Crippen molar-refractivity contribution in [3.8, 4) is 11.1 Å². The van der Waals surface area contributed by atoms with Crippen LogP contribution in [0, 0.1) is 5.92 Å². The van der Waals surface area contributed by atoms with Crippen LogP contribution in [0.5, 0.6) is 0 Å². The summed E-state index contributed by atoms with van der Waals surface area (Å²) in [6, 6.07) is 15.2. The van der Waals surface area contributed by atoms with Gasteiger partial charge in [0.25, 0.3) is 5.91 Å². The predicted octanol–water partition coefficient (Wildman–Crippen LogP) is 5.35. The lowest BCUT2D eigenvalue weighted by atomic mass is 10.0. The van der Waals surface area contributed by atoms with Crippen LogP contribution in [0.1, 0.15) is 33.6 Å². The molecule has 0 bridgehead atoms. The zero-order valence-corrected chi connectivity index (χ0v) is 17.6. The topological polar surface area (TPSA) is 58.6 Å². The average Bonchev–Trinajstić information content (AvgIpc) is 3.26. The second kappa shape index (κ2) is 7.06. The van der Waals surface area contributed by atoms with Gasteiger partial charge in [-0.25, -0.2) is 4.79 Å². The number of likely N-dealkylation sites (tertiary alicyclic amines) is 1. The first-order chi connectivity index (χ1) is 13.7. The van der Waals surface area contributed by atoms with Gasteiger partial charge in [-0.3, -0.25) is 9.69 Å². The lowest BCUT2D eigenvalue weighted by molar-refractivity contribution is -0.122. The van der Waals surface area contributed by atoms with Gasteiger partial charge < -0.3 is 10.1 Å². The molecule has 29 heavy (non-hydrogen) atoms. The van der Waals surface area contributed by atoms with Crippen molar-refractivity contribution in [2.45, 2.75) is 44.8 Å². The van der Waals surface area contributed by atoms with Gasteiger partial charge in [0.2, 0.25) is 0 Å². The van der Waals surface area contributed by atoms with Gasteiger partial charge in [-0.15, -0.1) is 0 Å². The number of carbonyl (C=O) groups excluding carboxylic acids is 2. The number of anilines is 1. The summed E-state index contributed by atoms with van der Waals surface area (Å²) in [5.41, 5.74) is 1.20. The molecule has 0 aromatic heterocycles. The molecule has 1 aliphatic heterocycles. The Labute approximate surface area is 176 Å². The molecule has 1 saturated carbocycles. The Morgan fingerprint density at radius 2 is 1.83 bits per heavy atom. The largest absolute Gasteiger partial charge is 0.444 e. The van der Waals surface area contributed by atoms with Crippen LogP contribution in [0.2, 0.25) is 5.02 Å². The Balaban J connectivity index is 1.57. The van der Waals surface area contributed by atoms with Gasteiger partial charge >= 0.3 is 6.09 Å². The van der Waals surface area contributed by atoms with Crippen molar-refractivity contribution in [2.75, 3.05) is 11.9 Å². The second-order valence-electron chi connectivity index (χ2n) is 8.75. The second-order valence-corrected chi connectivity index (χ2v) is 9.19. The fraction of sp³-hybridized carbons (Fsp3) is 0.391. The van der Waals surface area contributed by atoms with E-state index in [2.05, 4.69) is 5.32 Å². The summed E-state index contributed by atoms with van der Waals surface area (Å²) in [6.45, 7) is 6.05.